The van der Waals surface area contributed by atoms with Crippen LogP contribution in [0.1, 0.15) is 57.5 Å². The average Bonchev–Trinajstić information content (AvgIpc) is 3.12. The van der Waals surface area contributed by atoms with Gasteiger partial charge in [-0.15, -0.1) is 0 Å². The molecule has 162 valence electrons. The van der Waals surface area contributed by atoms with Crippen molar-refractivity contribution in [3.63, 3.8) is 0 Å². The molecule has 4 rings (SSSR count). The number of rotatable bonds is 5. The quantitative estimate of drug-likeness (QED) is 0.627. The van der Waals surface area contributed by atoms with Gasteiger partial charge in [0.05, 0.1) is 12.1 Å². The van der Waals surface area contributed by atoms with Crippen LogP contribution in [0.15, 0.2) is 41.1 Å². The molecule has 0 radical (unpaired) electrons. The van der Waals surface area contributed by atoms with Crippen LogP contribution < -0.4 is 5.32 Å². The first-order valence-electron chi connectivity index (χ1n) is 10.4. The molecule has 1 saturated carbocycles. The van der Waals surface area contributed by atoms with Crippen molar-refractivity contribution < 1.29 is 18.8 Å². The monoisotopic (exact) mass is 421 g/mol. The fourth-order valence-electron chi connectivity index (χ4n) is 3.32. The first-order chi connectivity index (χ1) is 14.6. The molecule has 0 saturated heterocycles. The van der Waals surface area contributed by atoms with Gasteiger partial charge in [0.25, 0.3) is 0 Å². The number of carbonyl (C=O) groups is 2. The second-order valence-electron chi connectivity index (χ2n) is 9.27. The molecule has 7 nitrogen and oxygen atoms in total. The molecular formula is C24H27N3O4. The number of fused-ring (bicyclic) bond motifs is 1. The van der Waals surface area contributed by atoms with E-state index >= 15 is 0 Å². The van der Waals surface area contributed by atoms with Gasteiger partial charge < -0.3 is 14.6 Å². The molecule has 7 heteroatoms. The van der Waals surface area contributed by atoms with Crippen molar-refractivity contribution >= 4 is 35.1 Å². The van der Waals surface area contributed by atoms with Gasteiger partial charge in [-0.05, 0) is 57.4 Å². The van der Waals surface area contributed by atoms with Crippen LogP contribution in [0.4, 0.5) is 4.79 Å². The van der Waals surface area contributed by atoms with Crippen molar-refractivity contribution in [2.75, 3.05) is 0 Å². The zero-order valence-corrected chi connectivity index (χ0v) is 18.3. The minimum atomic E-state index is -0.639. The fraction of sp³-hybridized carbons (Fsp3) is 0.375. The normalized spacial score (nSPS) is 15.4. The summed E-state index contributed by atoms with van der Waals surface area (Å²) in [5.41, 5.74) is 2.10. The maximum absolute atomic E-state index is 13.1. The highest BCUT2D eigenvalue weighted by Gasteiger charge is 2.44. The third kappa shape index (κ3) is 4.71. The molecule has 0 bridgehead atoms. The number of nitrogens with zero attached hydrogens (tertiary/aromatic N) is 2. The van der Waals surface area contributed by atoms with Crippen molar-refractivity contribution in [2.24, 2.45) is 5.41 Å². The van der Waals surface area contributed by atoms with Crippen LogP contribution in [0.25, 0.3) is 23.1 Å². The number of hydrogen-bond acceptors (Lipinski definition) is 5. The van der Waals surface area contributed by atoms with Crippen molar-refractivity contribution in [1.82, 2.24) is 15.0 Å². The van der Waals surface area contributed by atoms with Crippen LogP contribution >= 0.6 is 0 Å². The minimum absolute atomic E-state index is 0.0183. The molecule has 1 aliphatic carbocycles. The van der Waals surface area contributed by atoms with Crippen molar-refractivity contribution in [3.05, 3.63) is 53.5 Å². The van der Waals surface area contributed by atoms with Crippen LogP contribution in [0, 0.1) is 5.41 Å². The number of carbonyl (C=O) groups excluding carboxylic acids is 2. The fourth-order valence-corrected chi connectivity index (χ4v) is 3.32. The summed E-state index contributed by atoms with van der Waals surface area (Å²) in [4.78, 5) is 25.5. The molecule has 1 aliphatic rings. The highest BCUT2D eigenvalue weighted by Crippen LogP contribution is 2.45. The Hall–Kier alpha value is -3.35. The van der Waals surface area contributed by atoms with Gasteiger partial charge in [0, 0.05) is 22.6 Å². The summed E-state index contributed by atoms with van der Waals surface area (Å²) in [6, 6.07) is 9.51. The highest BCUT2D eigenvalue weighted by atomic mass is 16.6. The Morgan fingerprint density at radius 1 is 1.23 bits per heavy atom. The van der Waals surface area contributed by atoms with Crippen molar-refractivity contribution in [3.8, 4) is 0 Å². The van der Waals surface area contributed by atoms with E-state index in [-0.39, 0.29) is 17.9 Å². The minimum Gasteiger partial charge on any atom is -0.443 e. The lowest BCUT2D eigenvalue weighted by Gasteiger charge is -2.21. The Balaban J connectivity index is 1.68. The number of ether oxygens (including phenoxy) is 1. The highest BCUT2D eigenvalue weighted by molar-refractivity contribution is 5.93. The number of aromatic nitrogens is 2. The van der Waals surface area contributed by atoms with Crippen LogP contribution in [-0.4, -0.2) is 27.3 Å². The smallest absolute Gasteiger partial charge is 0.419 e. The number of hydrogen-bond donors (Lipinski definition) is 1. The molecule has 0 aliphatic heterocycles. The predicted molar refractivity (Wildman–Crippen MR) is 118 cm³/mol. The Morgan fingerprint density at radius 2 is 2.00 bits per heavy atom. The summed E-state index contributed by atoms with van der Waals surface area (Å²) in [6.07, 6.45) is 6.58. The largest absolute Gasteiger partial charge is 0.443 e. The Kier molecular flexibility index (Phi) is 5.21. The van der Waals surface area contributed by atoms with Gasteiger partial charge in [0.1, 0.15) is 17.6 Å². The van der Waals surface area contributed by atoms with Gasteiger partial charge in [0.15, 0.2) is 0 Å². The van der Waals surface area contributed by atoms with Gasteiger partial charge in [-0.1, -0.05) is 30.3 Å². The molecule has 1 aromatic carbocycles. The molecule has 2 aromatic heterocycles. The van der Waals surface area contributed by atoms with Crippen LogP contribution in [0.3, 0.4) is 0 Å². The van der Waals surface area contributed by atoms with Crippen LogP contribution in [-0.2, 0) is 16.1 Å². The zero-order chi connectivity index (χ0) is 22.2. The summed E-state index contributed by atoms with van der Waals surface area (Å²) in [7, 11) is 0. The molecule has 0 unspecified atom stereocenters. The number of benzene rings is 1. The van der Waals surface area contributed by atoms with E-state index in [9.17, 15) is 9.59 Å². The third-order valence-corrected chi connectivity index (χ3v) is 5.36. The van der Waals surface area contributed by atoms with Crippen molar-refractivity contribution in [1.29, 1.82) is 0 Å². The zero-order valence-electron chi connectivity index (χ0n) is 18.3. The maximum Gasteiger partial charge on any atom is 0.419 e. The third-order valence-electron chi connectivity index (χ3n) is 5.36. The van der Waals surface area contributed by atoms with Gasteiger partial charge in [-0.3, -0.25) is 4.79 Å². The molecule has 3 aromatic rings. The molecule has 0 atom stereocenters. The van der Waals surface area contributed by atoms with E-state index in [0.717, 1.165) is 29.3 Å². The standard InChI is InChI=1S/C24H27N3O4/c1-23(2,3)31-22(29)27-19(15-25-21(28)24(4)10-11-24)14-17-7-5-16(13-20(17)27)6-8-18-9-12-30-26-18/h5-9,12-14H,10-11,15H2,1-4H3,(H,25,28)/b8-6+. The van der Waals surface area contributed by atoms with Crippen LogP contribution in [0.5, 0.6) is 0 Å². The molecule has 0 spiro atoms. The Morgan fingerprint density at radius 3 is 2.65 bits per heavy atom. The van der Waals surface area contributed by atoms with E-state index < -0.39 is 11.7 Å². The van der Waals surface area contributed by atoms with E-state index in [1.54, 1.807) is 10.6 Å². The van der Waals surface area contributed by atoms with Gasteiger partial charge >= 0.3 is 6.09 Å². The van der Waals surface area contributed by atoms with Gasteiger partial charge in [-0.25, -0.2) is 9.36 Å². The van der Waals surface area contributed by atoms with E-state index in [0.29, 0.717) is 11.4 Å². The first kappa shape index (κ1) is 20.9. The SMILES string of the molecule is CC(C)(C)OC(=O)n1c(CNC(=O)C2(C)CC2)cc2ccc(/C=C/c3ccon3)cc21. The molecule has 1 N–H and O–H groups in total. The molecule has 1 fully saturated rings. The van der Waals surface area contributed by atoms with E-state index in [1.165, 1.54) is 6.26 Å². The van der Waals surface area contributed by atoms with E-state index in [4.69, 9.17) is 9.26 Å². The molecule has 1 amide bonds. The topological polar surface area (TPSA) is 86.4 Å². The lowest BCUT2D eigenvalue weighted by molar-refractivity contribution is -0.125. The second-order valence-corrected chi connectivity index (χ2v) is 9.27. The van der Waals surface area contributed by atoms with Crippen LogP contribution in [0.2, 0.25) is 0 Å². The number of amides is 1. The molecule has 31 heavy (non-hydrogen) atoms. The maximum atomic E-state index is 13.1. The summed E-state index contributed by atoms with van der Waals surface area (Å²) in [5.74, 6) is 0.0183. The summed E-state index contributed by atoms with van der Waals surface area (Å²) >= 11 is 0. The van der Waals surface area contributed by atoms with E-state index in [2.05, 4.69) is 10.5 Å². The van der Waals surface area contributed by atoms with Crippen molar-refractivity contribution in [2.45, 2.75) is 52.7 Å². The molecule has 2 heterocycles. The lowest BCUT2D eigenvalue weighted by atomic mass is 10.1. The van der Waals surface area contributed by atoms with E-state index in [1.807, 2.05) is 64.1 Å². The predicted octanol–water partition coefficient (Wildman–Crippen LogP) is 5.00. The second kappa shape index (κ2) is 7.72. The Labute approximate surface area is 181 Å². The summed E-state index contributed by atoms with van der Waals surface area (Å²) < 4.78 is 12.0. The first-order valence-corrected chi connectivity index (χ1v) is 10.4. The van der Waals surface area contributed by atoms with Gasteiger partial charge in [0.2, 0.25) is 5.91 Å². The molecular weight excluding hydrogens is 394 g/mol. The Bertz CT molecular complexity index is 1150. The lowest BCUT2D eigenvalue weighted by Crippen LogP contribution is -2.32. The average molecular weight is 421 g/mol. The van der Waals surface area contributed by atoms with Gasteiger partial charge in [-0.2, -0.15) is 0 Å². The summed E-state index contributed by atoms with van der Waals surface area (Å²) in [5, 5.41) is 7.74. The number of nitrogens with one attached hydrogen (secondary N) is 1. The summed E-state index contributed by atoms with van der Waals surface area (Å²) in [6.45, 7) is 7.71.